The van der Waals surface area contributed by atoms with Gasteiger partial charge in [0.2, 0.25) is 0 Å². The number of hydrogen-bond acceptors (Lipinski definition) is 3. The number of halogens is 3. The molecule has 1 amide bonds. The molecule has 0 saturated carbocycles. The number of hydrogen-bond donors (Lipinski definition) is 2. The summed E-state index contributed by atoms with van der Waals surface area (Å²) in [7, 11) is 0. The zero-order valence-corrected chi connectivity index (χ0v) is 14.0. The number of benzene rings is 1. The van der Waals surface area contributed by atoms with E-state index in [-0.39, 0.29) is 18.3 Å². The monoisotopic (exact) mass is 351 g/mol. The molecule has 0 aliphatic carbocycles. The van der Waals surface area contributed by atoms with Crippen LogP contribution in [-0.2, 0) is 0 Å². The summed E-state index contributed by atoms with van der Waals surface area (Å²) in [6.07, 6.45) is 0.934. The summed E-state index contributed by atoms with van der Waals surface area (Å²) in [5, 5.41) is 6.92. The molecule has 21 heavy (non-hydrogen) atoms. The molecule has 7 heteroatoms. The average molecular weight is 353 g/mol. The van der Waals surface area contributed by atoms with E-state index >= 15 is 0 Å². The minimum absolute atomic E-state index is 0. The third-order valence-electron chi connectivity index (χ3n) is 3.34. The Labute approximate surface area is 141 Å². The van der Waals surface area contributed by atoms with Crippen LogP contribution in [0.5, 0.6) is 0 Å². The molecule has 0 bridgehead atoms. The highest BCUT2D eigenvalue weighted by atomic mass is 35.5. The van der Waals surface area contributed by atoms with Crippen LogP contribution in [0.4, 0.5) is 0 Å². The van der Waals surface area contributed by atoms with E-state index in [1.54, 1.807) is 18.2 Å². The lowest BCUT2D eigenvalue weighted by Crippen LogP contribution is -2.44. The van der Waals surface area contributed by atoms with Crippen molar-refractivity contribution in [2.75, 3.05) is 39.3 Å². The maximum atomic E-state index is 12.0. The normalized spacial score (nSPS) is 15.3. The summed E-state index contributed by atoms with van der Waals surface area (Å²) < 4.78 is 0. The molecular weight excluding hydrogens is 333 g/mol. The molecule has 0 spiro atoms. The van der Waals surface area contributed by atoms with Crippen molar-refractivity contribution in [3.63, 3.8) is 0 Å². The largest absolute Gasteiger partial charge is 0.352 e. The molecule has 2 N–H and O–H groups in total. The molecule has 1 saturated heterocycles. The van der Waals surface area contributed by atoms with Crippen LogP contribution in [-0.4, -0.2) is 50.1 Å². The minimum atomic E-state index is -0.169. The molecule has 1 fully saturated rings. The van der Waals surface area contributed by atoms with Crippen LogP contribution in [0.3, 0.4) is 0 Å². The van der Waals surface area contributed by atoms with Crippen molar-refractivity contribution in [1.82, 2.24) is 15.5 Å². The Balaban J connectivity index is 0.00000220. The van der Waals surface area contributed by atoms with E-state index in [9.17, 15) is 4.79 Å². The number of rotatable bonds is 5. The highest BCUT2D eigenvalue weighted by Crippen LogP contribution is 2.25. The Morgan fingerprint density at radius 1 is 1.29 bits per heavy atom. The molecule has 4 nitrogen and oxygen atoms in total. The van der Waals surface area contributed by atoms with Crippen LogP contribution >= 0.6 is 35.6 Å². The number of piperazine rings is 1. The van der Waals surface area contributed by atoms with Gasteiger partial charge in [-0.2, -0.15) is 0 Å². The molecule has 0 unspecified atom stereocenters. The summed E-state index contributed by atoms with van der Waals surface area (Å²) in [4.78, 5) is 14.4. The first kappa shape index (κ1) is 18.5. The van der Waals surface area contributed by atoms with E-state index in [0.717, 1.165) is 39.1 Å². The Kier molecular flexibility index (Phi) is 8.37. The van der Waals surface area contributed by atoms with Crippen molar-refractivity contribution in [2.24, 2.45) is 0 Å². The van der Waals surface area contributed by atoms with Crippen molar-refractivity contribution >= 4 is 41.5 Å². The number of amides is 1. The molecule has 118 valence electrons. The van der Waals surface area contributed by atoms with Crippen molar-refractivity contribution in [1.29, 1.82) is 0 Å². The van der Waals surface area contributed by atoms with Crippen molar-refractivity contribution in [2.45, 2.75) is 6.42 Å². The summed E-state index contributed by atoms with van der Waals surface area (Å²) in [5.74, 6) is -0.169. The molecular formula is C14H20Cl3N3O. The minimum Gasteiger partial charge on any atom is -0.352 e. The third-order valence-corrected chi connectivity index (χ3v) is 4.16. The SMILES string of the molecule is Cl.O=C(NCCCN1CCNCC1)c1cccc(Cl)c1Cl. The van der Waals surface area contributed by atoms with Crippen LogP contribution in [0.25, 0.3) is 0 Å². The van der Waals surface area contributed by atoms with Crippen molar-refractivity contribution in [3.05, 3.63) is 33.8 Å². The van der Waals surface area contributed by atoms with E-state index in [0.29, 0.717) is 22.2 Å². The molecule has 1 aliphatic heterocycles. The highest BCUT2D eigenvalue weighted by molar-refractivity contribution is 6.43. The molecule has 0 radical (unpaired) electrons. The second kappa shape index (κ2) is 9.49. The molecule has 0 atom stereocenters. The van der Waals surface area contributed by atoms with Gasteiger partial charge in [-0.05, 0) is 25.1 Å². The van der Waals surface area contributed by atoms with Gasteiger partial charge in [-0.25, -0.2) is 0 Å². The van der Waals surface area contributed by atoms with Gasteiger partial charge in [-0.15, -0.1) is 12.4 Å². The van der Waals surface area contributed by atoms with Gasteiger partial charge < -0.3 is 15.5 Å². The number of carbonyl (C=O) groups excluding carboxylic acids is 1. The summed E-state index contributed by atoms with van der Waals surface area (Å²) in [5.41, 5.74) is 0.432. The quantitative estimate of drug-likeness (QED) is 0.800. The van der Waals surface area contributed by atoms with Gasteiger partial charge in [0, 0.05) is 32.7 Å². The zero-order chi connectivity index (χ0) is 14.4. The van der Waals surface area contributed by atoms with E-state index < -0.39 is 0 Å². The van der Waals surface area contributed by atoms with Crippen LogP contribution in [0.2, 0.25) is 10.0 Å². The Morgan fingerprint density at radius 3 is 2.71 bits per heavy atom. The van der Waals surface area contributed by atoms with Crippen LogP contribution in [0, 0.1) is 0 Å². The summed E-state index contributed by atoms with van der Waals surface area (Å²) in [6, 6.07) is 5.08. The smallest absolute Gasteiger partial charge is 0.252 e. The lowest BCUT2D eigenvalue weighted by molar-refractivity contribution is 0.0951. The molecule has 1 aromatic rings. The van der Waals surface area contributed by atoms with Crippen molar-refractivity contribution < 1.29 is 4.79 Å². The maximum Gasteiger partial charge on any atom is 0.252 e. The lowest BCUT2D eigenvalue weighted by atomic mass is 10.2. The number of nitrogens with one attached hydrogen (secondary N) is 2. The first-order chi connectivity index (χ1) is 9.68. The fourth-order valence-corrected chi connectivity index (χ4v) is 2.60. The Morgan fingerprint density at radius 2 is 2.00 bits per heavy atom. The first-order valence-corrected chi connectivity index (χ1v) is 7.59. The number of carbonyl (C=O) groups is 1. The van der Waals surface area contributed by atoms with Gasteiger partial charge in [-0.3, -0.25) is 4.79 Å². The number of nitrogens with zero attached hydrogens (tertiary/aromatic N) is 1. The van der Waals surface area contributed by atoms with E-state index in [1.165, 1.54) is 0 Å². The maximum absolute atomic E-state index is 12.0. The average Bonchev–Trinajstić information content (AvgIpc) is 2.47. The van der Waals surface area contributed by atoms with E-state index in [1.807, 2.05) is 0 Å². The molecule has 1 aliphatic rings. The van der Waals surface area contributed by atoms with Gasteiger partial charge in [0.1, 0.15) is 0 Å². The van der Waals surface area contributed by atoms with E-state index in [4.69, 9.17) is 23.2 Å². The highest BCUT2D eigenvalue weighted by Gasteiger charge is 2.12. The Bertz CT molecular complexity index is 465. The van der Waals surface area contributed by atoms with Gasteiger partial charge in [0.15, 0.2) is 0 Å². The summed E-state index contributed by atoms with van der Waals surface area (Å²) >= 11 is 11.9. The second-order valence-corrected chi connectivity index (χ2v) is 5.59. The van der Waals surface area contributed by atoms with Crippen molar-refractivity contribution in [3.8, 4) is 0 Å². The predicted octanol–water partition coefficient (Wildman–Crippen LogP) is 2.44. The fourth-order valence-electron chi connectivity index (χ4n) is 2.21. The first-order valence-electron chi connectivity index (χ1n) is 6.84. The van der Waals surface area contributed by atoms with E-state index in [2.05, 4.69) is 15.5 Å². The molecule has 0 aromatic heterocycles. The zero-order valence-electron chi connectivity index (χ0n) is 11.7. The second-order valence-electron chi connectivity index (χ2n) is 4.80. The van der Waals surface area contributed by atoms with Gasteiger partial charge >= 0.3 is 0 Å². The lowest BCUT2D eigenvalue weighted by Gasteiger charge is -2.27. The Hall–Kier alpha value is -0.520. The molecule has 1 heterocycles. The molecule has 1 aromatic carbocycles. The van der Waals surface area contributed by atoms with Gasteiger partial charge in [0.05, 0.1) is 15.6 Å². The fraction of sp³-hybridized carbons (Fsp3) is 0.500. The van der Waals surface area contributed by atoms with Crippen LogP contribution in [0.1, 0.15) is 16.8 Å². The third kappa shape index (κ3) is 5.64. The van der Waals surface area contributed by atoms with Gasteiger partial charge in [0.25, 0.3) is 5.91 Å². The van der Waals surface area contributed by atoms with Gasteiger partial charge in [-0.1, -0.05) is 29.3 Å². The summed E-state index contributed by atoms with van der Waals surface area (Å²) in [6.45, 7) is 5.90. The molecule has 2 rings (SSSR count). The predicted molar refractivity (Wildman–Crippen MR) is 90.0 cm³/mol. The standard InChI is InChI=1S/C14H19Cl2N3O.ClH/c15-12-4-1-3-11(13(12)16)14(20)18-5-2-8-19-9-6-17-7-10-19;/h1,3-4,17H,2,5-10H2,(H,18,20);1H. The van der Waals surface area contributed by atoms with Crippen LogP contribution < -0.4 is 10.6 Å². The van der Waals surface area contributed by atoms with Crippen LogP contribution in [0.15, 0.2) is 18.2 Å². The topological polar surface area (TPSA) is 44.4 Å².